The average Bonchev–Trinajstić information content (AvgIpc) is 2.42. The molecule has 0 fully saturated rings. The molecule has 2 aromatic rings. The van der Waals surface area contributed by atoms with Crippen molar-refractivity contribution >= 4 is 5.69 Å². The molecule has 0 aliphatic carbocycles. The lowest BCUT2D eigenvalue weighted by molar-refractivity contribution is 0.900. The van der Waals surface area contributed by atoms with Gasteiger partial charge in [-0.1, -0.05) is 29.8 Å². The van der Waals surface area contributed by atoms with E-state index in [-0.39, 0.29) is 0 Å². The molecule has 0 heterocycles. The molecule has 0 aromatic heterocycles. The van der Waals surface area contributed by atoms with Gasteiger partial charge < -0.3 is 10.6 Å². The first kappa shape index (κ1) is 14.6. The highest BCUT2D eigenvalue weighted by Gasteiger charge is 2.08. The number of benzene rings is 2. The number of aryl methyl sites for hydroxylation is 3. The van der Waals surface area contributed by atoms with Gasteiger partial charge in [-0.15, -0.1) is 0 Å². The Kier molecular flexibility index (Phi) is 4.46. The summed E-state index contributed by atoms with van der Waals surface area (Å²) in [5, 5.41) is 0. The normalized spacial score (nSPS) is 10.7. The molecule has 2 heteroatoms. The van der Waals surface area contributed by atoms with E-state index in [2.05, 4.69) is 69.1 Å². The Bertz CT molecular complexity index is 579. The molecule has 0 saturated carbocycles. The van der Waals surface area contributed by atoms with Crippen molar-refractivity contribution in [3.63, 3.8) is 0 Å². The molecule has 0 amide bonds. The second-order valence-electron chi connectivity index (χ2n) is 5.61. The lowest BCUT2D eigenvalue weighted by Crippen LogP contribution is -2.18. The molecule has 20 heavy (non-hydrogen) atoms. The fourth-order valence-electron chi connectivity index (χ4n) is 2.71. The van der Waals surface area contributed by atoms with Gasteiger partial charge in [0.15, 0.2) is 0 Å². The van der Waals surface area contributed by atoms with Gasteiger partial charge in [-0.25, -0.2) is 0 Å². The van der Waals surface area contributed by atoms with E-state index in [9.17, 15) is 0 Å². The Hall–Kier alpha value is -1.80. The Morgan fingerprint density at radius 1 is 1.00 bits per heavy atom. The van der Waals surface area contributed by atoms with Crippen LogP contribution < -0.4 is 10.6 Å². The first-order valence-corrected chi connectivity index (χ1v) is 7.08. The van der Waals surface area contributed by atoms with Crippen molar-refractivity contribution in [1.29, 1.82) is 0 Å². The van der Waals surface area contributed by atoms with Crippen LogP contribution in [0, 0.1) is 20.8 Å². The summed E-state index contributed by atoms with van der Waals surface area (Å²) >= 11 is 0. The van der Waals surface area contributed by atoms with Crippen molar-refractivity contribution in [2.45, 2.75) is 33.9 Å². The minimum Gasteiger partial charge on any atom is -0.370 e. The van der Waals surface area contributed by atoms with Crippen LogP contribution in [0.4, 0.5) is 5.69 Å². The van der Waals surface area contributed by atoms with E-state index in [4.69, 9.17) is 5.73 Å². The van der Waals surface area contributed by atoms with Gasteiger partial charge in [-0.05, 0) is 55.2 Å². The third-order valence-electron chi connectivity index (χ3n) is 3.82. The Morgan fingerprint density at radius 3 is 2.25 bits per heavy atom. The van der Waals surface area contributed by atoms with Crippen molar-refractivity contribution < 1.29 is 0 Å². The van der Waals surface area contributed by atoms with Crippen LogP contribution in [0.25, 0.3) is 0 Å². The standard InChI is InChI=1S/C18H24N2/c1-13-8-14(2)18(15(3)9-13)12-20(4)17-7-5-6-16(10-17)11-19/h5-10H,11-12,19H2,1-4H3. The van der Waals surface area contributed by atoms with Crippen LogP contribution in [0.3, 0.4) is 0 Å². The largest absolute Gasteiger partial charge is 0.370 e. The summed E-state index contributed by atoms with van der Waals surface area (Å²) in [6.45, 7) is 8.05. The van der Waals surface area contributed by atoms with Gasteiger partial charge in [0.2, 0.25) is 0 Å². The molecular weight excluding hydrogens is 244 g/mol. The van der Waals surface area contributed by atoms with E-state index < -0.39 is 0 Å². The van der Waals surface area contributed by atoms with Gasteiger partial charge in [0.25, 0.3) is 0 Å². The Balaban J connectivity index is 2.25. The number of nitrogens with zero attached hydrogens (tertiary/aromatic N) is 1. The summed E-state index contributed by atoms with van der Waals surface area (Å²) in [7, 11) is 2.13. The SMILES string of the molecule is Cc1cc(C)c(CN(C)c2cccc(CN)c2)c(C)c1. The van der Waals surface area contributed by atoms with Crippen LogP contribution in [0.2, 0.25) is 0 Å². The van der Waals surface area contributed by atoms with Gasteiger partial charge in [-0.3, -0.25) is 0 Å². The van der Waals surface area contributed by atoms with Crippen LogP contribution in [0.1, 0.15) is 27.8 Å². The minimum atomic E-state index is 0.588. The first-order valence-electron chi connectivity index (χ1n) is 7.08. The third-order valence-corrected chi connectivity index (χ3v) is 3.82. The lowest BCUT2D eigenvalue weighted by Gasteiger charge is -2.23. The molecule has 2 rings (SSSR count). The second kappa shape index (κ2) is 6.10. The molecule has 2 nitrogen and oxygen atoms in total. The number of nitrogens with two attached hydrogens (primary N) is 1. The van der Waals surface area contributed by atoms with Crippen molar-refractivity contribution in [3.05, 3.63) is 64.2 Å². The molecule has 106 valence electrons. The minimum absolute atomic E-state index is 0.588. The number of rotatable bonds is 4. The maximum atomic E-state index is 5.72. The summed E-state index contributed by atoms with van der Waals surface area (Å²) < 4.78 is 0. The van der Waals surface area contributed by atoms with Crippen LogP contribution in [-0.4, -0.2) is 7.05 Å². The zero-order valence-electron chi connectivity index (χ0n) is 12.9. The van der Waals surface area contributed by atoms with Crippen LogP contribution >= 0.6 is 0 Å². The summed E-state index contributed by atoms with van der Waals surface area (Å²) in [5.41, 5.74) is 13.6. The molecule has 0 unspecified atom stereocenters. The van der Waals surface area contributed by atoms with Crippen LogP contribution in [0.5, 0.6) is 0 Å². The highest BCUT2D eigenvalue weighted by molar-refractivity contribution is 5.50. The zero-order chi connectivity index (χ0) is 14.7. The summed E-state index contributed by atoms with van der Waals surface area (Å²) in [6, 6.07) is 13.0. The molecule has 0 spiro atoms. The van der Waals surface area contributed by atoms with E-state index in [1.54, 1.807) is 0 Å². The molecule has 2 aromatic carbocycles. The van der Waals surface area contributed by atoms with Crippen molar-refractivity contribution in [2.24, 2.45) is 5.73 Å². The van der Waals surface area contributed by atoms with Crippen LogP contribution in [-0.2, 0) is 13.1 Å². The summed E-state index contributed by atoms with van der Waals surface area (Å²) in [5.74, 6) is 0. The lowest BCUT2D eigenvalue weighted by atomic mass is 9.99. The summed E-state index contributed by atoms with van der Waals surface area (Å²) in [6.07, 6.45) is 0. The molecular formula is C18H24N2. The van der Waals surface area contributed by atoms with E-state index in [0.717, 1.165) is 6.54 Å². The predicted molar refractivity (Wildman–Crippen MR) is 87.1 cm³/mol. The first-order chi connectivity index (χ1) is 9.51. The highest BCUT2D eigenvalue weighted by atomic mass is 15.1. The highest BCUT2D eigenvalue weighted by Crippen LogP contribution is 2.22. The van der Waals surface area contributed by atoms with Gasteiger partial charge in [0, 0.05) is 25.8 Å². The molecule has 0 aliphatic rings. The molecule has 0 radical (unpaired) electrons. The summed E-state index contributed by atoms with van der Waals surface area (Å²) in [4.78, 5) is 2.28. The maximum Gasteiger partial charge on any atom is 0.0431 e. The second-order valence-corrected chi connectivity index (χ2v) is 5.61. The smallest absolute Gasteiger partial charge is 0.0431 e. The molecule has 2 N–H and O–H groups in total. The third kappa shape index (κ3) is 3.20. The number of anilines is 1. The Labute approximate surface area is 122 Å². The fourth-order valence-corrected chi connectivity index (χ4v) is 2.71. The molecule has 0 aliphatic heterocycles. The van der Waals surface area contributed by atoms with E-state index in [1.165, 1.54) is 33.5 Å². The van der Waals surface area contributed by atoms with Gasteiger partial charge in [-0.2, -0.15) is 0 Å². The quantitative estimate of drug-likeness (QED) is 0.916. The van der Waals surface area contributed by atoms with Gasteiger partial charge in [0.1, 0.15) is 0 Å². The topological polar surface area (TPSA) is 29.3 Å². The predicted octanol–water partition coefficient (Wildman–Crippen LogP) is 3.71. The van der Waals surface area contributed by atoms with Gasteiger partial charge >= 0.3 is 0 Å². The molecule has 0 saturated heterocycles. The van der Waals surface area contributed by atoms with E-state index in [1.807, 2.05) is 0 Å². The average molecular weight is 268 g/mol. The van der Waals surface area contributed by atoms with Gasteiger partial charge in [0.05, 0.1) is 0 Å². The monoisotopic (exact) mass is 268 g/mol. The Morgan fingerprint density at radius 2 is 1.65 bits per heavy atom. The van der Waals surface area contributed by atoms with Crippen molar-refractivity contribution in [1.82, 2.24) is 0 Å². The molecule has 0 atom stereocenters. The van der Waals surface area contributed by atoms with Crippen LogP contribution in [0.15, 0.2) is 36.4 Å². The fraction of sp³-hybridized carbons (Fsp3) is 0.333. The van der Waals surface area contributed by atoms with Crippen molar-refractivity contribution in [3.8, 4) is 0 Å². The zero-order valence-corrected chi connectivity index (χ0v) is 12.9. The molecule has 0 bridgehead atoms. The van der Waals surface area contributed by atoms with E-state index >= 15 is 0 Å². The number of hydrogen-bond acceptors (Lipinski definition) is 2. The number of hydrogen-bond donors (Lipinski definition) is 1. The van der Waals surface area contributed by atoms with E-state index in [0.29, 0.717) is 6.54 Å². The maximum absolute atomic E-state index is 5.72. The van der Waals surface area contributed by atoms with Crippen molar-refractivity contribution in [2.75, 3.05) is 11.9 Å².